The van der Waals surface area contributed by atoms with Gasteiger partial charge in [0.15, 0.2) is 0 Å². The largest absolute Gasteiger partial charge is 0.373 e. The normalized spacial score (nSPS) is 30.4. The summed E-state index contributed by atoms with van der Waals surface area (Å²) in [4.78, 5) is 13.1. The van der Waals surface area contributed by atoms with Crippen molar-refractivity contribution in [3.05, 3.63) is 0 Å². The second-order valence-electron chi connectivity index (χ2n) is 3.97. The molecular formula is C10H19NO2. The fourth-order valence-electron chi connectivity index (χ4n) is 1.78. The van der Waals surface area contributed by atoms with E-state index in [-0.39, 0.29) is 5.78 Å². The molecule has 1 heterocycles. The Morgan fingerprint density at radius 1 is 1.38 bits per heavy atom. The molecule has 0 N–H and O–H groups in total. The van der Waals surface area contributed by atoms with Crippen LogP contribution in [-0.2, 0) is 9.53 Å². The highest BCUT2D eigenvalue weighted by molar-refractivity contribution is 5.75. The van der Waals surface area contributed by atoms with Gasteiger partial charge in [0.2, 0.25) is 0 Å². The van der Waals surface area contributed by atoms with Gasteiger partial charge in [0, 0.05) is 26.1 Å². The van der Waals surface area contributed by atoms with Crippen LogP contribution in [0.4, 0.5) is 0 Å². The molecule has 0 unspecified atom stereocenters. The predicted octanol–water partition coefficient (Wildman–Crippen LogP) is 1.07. The van der Waals surface area contributed by atoms with Gasteiger partial charge in [-0.25, -0.2) is 0 Å². The molecule has 2 atom stereocenters. The van der Waals surface area contributed by atoms with E-state index in [0.29, 0.717) is 18.6 Å². The van der Waals surface area contributed by atoms with Gasteiger partial charge in [0.25, 0.3) is 0 Å². The number of ketones is 1. The predicted molar refractivity (Wildman–Crippen MR) is 51.7 cm³/mol. The molecule has 1 fully saturated rings. The average Bonchev–Trinajstić information content (AvgIpc) is 1.99. The first-order valence-corrected chi connectivity index (χ1v) is 4.95. The molecule has 0 aliphatic carbocycles. The van der Waals surface area contributed by atoms with Gasteiger partial charge in [0.1, 0.15) is 5.78 Å². The van der Waals surface area contributed by atoms with Crippen molar-refractivity contribution < 1.29 is 9.53 Å². The number of rotatable bonds is 3. The molecule has 1 aliphatic rings. The third-order valence-electron chi connectivity index (χ3n) is 2.28. The summed E-state index contributed by atoms with van der Waals surface area (Å²) in [5, 5.41) is 0. The van der Waals surface area contributed by atoms with E-state index in [1.165, 1.54) is 0 Å². The number of carbonyl (C=O) groups is 1. The van der Waals surface area contributed by atoms with Crippen molar-refractivity contribution in [2.24, 2.45) is 0 Å². The molecule has 0 bridgehead atoms. The second kappa shape index (κ2) is 4.72. The van der Waals surface area contributed by atoms with Crippen molar-refractivity contribution in [1.29, 1.82) is 0 Å². The Morgan fingerprint density at radius 2 is 1.92 bits per heavy atom. The molecule has 0 aromatic rings. The van der Waals surface area contributed by atoms with Crippen molar-refractivity contribution >= 4 is 5.78 Å². The summed E-state index contributed by atoms with van der Waals surface area (Å²) in [5.41, 5.74) is 0. The minimum atomic E-state index is 0.270. The van der Waals surface area contributed by atoms with Crippen molar-refractivity contribution in [1.82, 2.24) is 4.90 Å². The zero-order chi connectivity index (χ0) is 9.84. The molecule has 76 valence electrons. The summed E-state index contributed by atoms with van der Waals surface area (Å²) >= 11 is 0. The molecule has 0 amide bonds. The van der Waals surface area contributed by atoms with Crippen LogP contribution in [0, 0.1) is 0 Å². The maximum Gasteiger partial charge on any atom is 0.131 e. The summed E-state index contributed by atoms with van der Waals surface area (Å²) in [6, 6.07) is 0. The number of hydrogen-bond acceptors (Lipinski definition) is 3. The van der Waals surface area contributed by atoms with Gasteiger partial charge in [-0.2, -0.15) is 0 Å². The number of Topliss-reactive ketones (excluding diaryl/α,β-unsaturated/α-hetero) is 1. The van der Waals surface area contributed by atoms with Gasteiger partial charge >= 0.3 is 0 Å². The summed E-state index contributed by atoms with van der Waals surface area (Å²) in [5.74, 6) is 0.270. The summed E-state index contributed by atoms with van der Waals surface area (Å²) in [7, 11) is 0. The molecule has 1 aliphatic heterocycles. The van der Waals surface area contributed by atoms with E-state index < -0.39 is 0 Å². The van der Waals surface area contributed by atoms with Crippen LogP contribution in [0.1, 0.15) is 27.2 Å². The number of ether oxygens (including phenoxy) is 1. The molecule has 3 nitrogen and oxygen atoms in total. The van der Waals surface area contributed by atoms with E-state index in [1.54, 1.807) is 6.92 Å². The summed E-state index contributed by atoms with van der Waals surface area (Å²) < 4.78 is 5.60. The lowest BCUT2D eigenvalue weighted by Gasteiger charge is -2.35. The fraction of sp³-hybridized carbons (Fsp3) is 0.900. The Morgan fingerprint density at radius 3 is 2.38 bits per heavy atom. The van der Waals surface area contributed by atoms with Crippen molar-refractivity contribution in [3.63, 3.8) is 0 Å². The summed E-state index contributed by atoms with van der Waals surface area (Å²) in [6.07, 6.45) is 1.27. The second-order valence-corrected chi connectivity index (χ2v) is 3.97. The highest BCUT2D eigenvalue weighted by Crippen LogP contribution is 2.10. The molecular weight excluding hydrogens is 166 g/mol. The Balaban J connectivity index is 2.28. The molecule has 0 radical (unpaired) electrons. The van der Waals surface area contributed by atoms with Gasteiger partial charge in [-0.15, -0.1) is 0 Å². The van der Waals surface area contributed by atoms with E-state index in [4.69, 9.17) is 4.74 Å². The van der Waals surface area contributed by atoms with Crippen LogP contribution >= 0.6 is 0 Å². The lowest BCUT2D eigenvalue weighted by molar-refractivity contribution is -0.118. The Bertz CT molecular complexity index is 172. The van der Waals surface area contributed by atoms with E-state index in [0.717, 1.165) is 19.6 Å². The van der Waals surface area contributed by atoms with Crippen molar-refractivity contribution in [3.8, 4) is 0 Å². The maximum atomic E-state index is 10.8. The van der Waals surface area contributed by atoms with E-state index >= 15 is 0 Å². The van der Waals surface area contributed by atoms with E-state index in [1.807, 2.05) is 0 Å². The number of carbonyl (C=O) groups excluding carboxylic acids is 1. The van der Waals surface area contributed by atoms with Crippen molar-refractivity contribution in [2.75, 3.05) is 19.6 Å². The molecule has 1 rings (SSSR count). The third kappa shape index (κ3) is 3.87. The molecule has 3 heteroatoms. The molecule has 0 aromatic carbocycles. The molecule has 0 aromatic heterocycles. The zero-order valence-corrected chi connectivity index (χ0v) is 8.75. The van der Waals surface area contributed by atoms with Crippen LogP contribution < -0.4 is 0 Å². The average molecular weight is 185 g/mol. The number of nitrogens with zero attached hydrogens (tertiary/aromatic N) is 1. The lowest BCUT2D eigenvalue weighted by Crippen LogP contribution is -2.45. The first-order chi connectivity index (χ1) is 6.08. The van der Waals surface area contributed by atoms with Crippen LogP contribution in [0.2, 0.25) is 0 Å². The van der Waals surface area contributed by atoms with Gasteiger partial charge in [-0.3, -0.25) is 9.69 Å². The van der Waals surface area contributed by atoms with Crippen LogP contribution in [-0.4, -0.2) is 42.5 Å². The molecule has 1 saturated heterocycles. The highest BCUT2D eigenvalue weighted by atomic mass is 16.5. The number of hydrogen-bond donors (Lipinski definition) is 0. The van der Waals surface area contributed by atoms with Crippen LogP contribution in [0.25, 0.3) is 0 Å². The first-order valence-electron chi connectivity index (χ1n) is 4.95. The topological polar surface area (TPSA) is 29.5 Å². The fourth-order valence-corrected chi connectivity index (χ4v) is 1.78. The van der Waals surface area contributed by atoms with Gasteiger partial charge in [-0.1, -0.05) is 0 Å². The van der Waals surface area contributed by atoms with E-state index in [9.17, 15) is 4.79 Å². The van der Waals surface area contributed by atoms with Crippen LogP contribution in [0.3, 0.4) is 0 Å². The van der Waals surface area contributed by atoms with E-state index in [2.05, 4.69) is 18.7 Å². The summed E-state index contributed by atoms with van der Waals surface area (Å²) in [6.45, 7) is 8.60. The minimum absolute atomic E-state index is 0.270. The van der Waals surface area contributed by atoms with Gasteiger partial charge in [-0.05, 0) is 20.8 Å². The maximum absolute atomic E-state index is 10.8. The zero-order valence-electron chi connectivity index (χ0n) is 8.75. The third-order valence-corrected chi connectivity index (χ3v) is 2.28. The van der Waals surface area contributed by atoms with Gasteiger partial charge in [0.05, 0.1) is 12.2 Å². The van der Waals surface area contributed by atoms with Gasteiger partial charge < -0.3 is 4.74 Å². The lowest BCUT2D eigenvalue weighted by atomic mass is 10.2. The quantitative estimate of drug-likeness (QED) is 0.659. The Labute approximate surface area is 80.1 Å². The smallest absolute Gasteiger partial charge is 0.131 e. The molecule has 0 saturated carbocycles. The SMILES string of the molecule is CC(=O)CCN1C[C@@H](C)O[C@@H](C)C1. The standard InChI is InChI=1S/C10H19NO2/c1-8(12)4-5-11-6-9(2)13-10(3)7-11/h9-10H,4-7H2,1-3H3/t9-,10+. The monoisotopic (exact) mass is 185 g/mol. The minimum Gasteiger partial charge on any atom is -0.373 e. The Kier molecular flexibility index (Phi) is 3.88. The molecule has 13 heavy (non-hydrogen) atoms. The van der Waals surface area contributed by atoms with Crippen LogP contribution in [0.5, 0.6) is 0 Å². The Hall–Kier alpha value is -0.410. The van der Waals surface area contributed by atoms with Crippen LogP contribution in [0.15, 0.2) is 0 Å². The molecule has 0 spiro atoms. The number of morpholine rings is 1. The highest BCUT2D eigenvalue weighted by Gasteiger charge is 2.21. The first kappa shape index (κ1) is 10.7. The van der Waals surface area contributed by atoms with Crippen molar-refractivity contribution in [2.45, 2.75) is 39.4 Å².